The Balaban J connectivity index is 1.32. The van der Waals surface area contributed by atoms with E-state index in [1.54, 1.807) is 6.07 Å². The van der Waals surface area contributed by atoms with Crippen molar-refractivity contribution < 1.29 is 17.9 Å². The number of hydrogen-bond donors (Lipinski definition) is 2. The van der Waals surface area contributed by atoms with E-state index in [1.165, 1.54) is 24.4 Å². The van der Waals surface area contributed by atoms with Crippen molar-refractivity contribution >= 4 is 11.8 Å². The summed E-state index contributed by atoms with van der Waals surface area (Å²) in [5.41, 5.74) is 0.386. The highest BCUT2D eigenvalue weighted by Crippen LogP contribution is 2.60. The number of anilines is 2. The van der Waals surface area contributed by atoms with Crippen molar-refractivity contribution in [1.82, 2.24) is 9.97 Å². The second-order valence-corrected chi connectivity index (χ2v) is 9.61. The molecule has 1 heterocycles. The number of hydrogen-bond acceptors (Lipinski definition) is 7. The Kier molecular flexibility index (Phi) is 5.47. The number of nitriles is 2. The van der Waals surface area contributed by atoms with E-state index in [0.717, 1.165) is 32.1 Å². The van der Waals surface area contributed by atoms with Crippen LogP contribution in [0.5, 0.6) is 5.75 Å². The van der Waals surface area contributed by atoms with Gasteiger partial charge in [0.25, 0.3) is 0 Å². The summed E-state index contributed by atoms with van der Waals surface area (Å²) in [6, 6.07) is 10.7. The summed E-state index contributed by atoms with van der Waals surface area (Å²) in [7, 11) is 0. The first-order chi connectivity index (χ1) is 16.3. The SMILES string of the molecule is N#Cc1cnc(NCc2ccccc2OC(F)(F)F)nc1NC1[C@@H]2CC3C[C@H]1CC(C#N)(C3)C2. The van der Waals surface area contributed by atoms with E-state index >= 15 is 0 Å². The van der Waals surface area contributed by atoms with E-state index < -0.39 is 6.36 Å². The van der Waals surface area contributed by atoms with Gasteiger partial charge >= 0.3 is 6.36 Å². The lowest BCUT2D eigenvalue weighted by Gasteiger charge is -2.57. The molecular weight excluding hydrogens is 445 g/mol. The summed E-state index contributed by atoms with van der Waals surface area (Å²) in [6.45, 7) is 0.0125. The third kappa shape index (κ3) is 4.33. The van der Waals surface area contributed by atoms with Crippen LogP contribution in [0.1, 0.15) is 43.2 Å². The maximum absolute atomic E-state index is 12.7. The minimum Gasteiger partial charge on any atom is -0.405 e. The van der Waals surface area contributed by atoms with Crippen LogP contribution in [0.15, 0.2) is 30.5 Å². The van der Waals surface area contributed by atoms with Gasteiger partial charge in [-0.25, -0.2) is 4.98 Å². The van der Waals surface area contributed by atoms with E-state index in [1.807, 2.05) is 0 Å². The van der Waals surface area contributed by atoms with Gasteiger partial charge in [0, 0.05) is 18.2 Å². The van der Waals surface area contributed by atoms with Gasteiger partial charge in [0.05, 0.1) is 17.7 Å². The number of benzene rings is 1. The smallest absolute Gasteiger partial charge is 0.405 e. The molecule has 2 aromatic rings. The predicted octanol–water partition coefficient (Wildman–Crippen LogP) is 4.99. The number of nitrogens with one attached hydrogen (secondary N) is 2. The molecule has 34 heavy (non-hydrogen) atoms. The summed E-state index contributed by atoms with van der Waals surface area (Å²) in [6.07, 6.45) is 1.49. The molecule has 7 nitrogen and oxygen atoms in total. The molecule has 1 aromatic carbocycles. The minimum absolute atomic E-state index is 0.0125. The van der Waals surface area contributed by atoms with Gasteiger partial charge in [0.1, 0.15) is 23.2 Å². The normalized spacial score (nSPS) is 29.2. The maximum Gasteiger partial charge on any atom is 0.573 e. The molecule has 4 saturated carbocycles. The van der Waals surface area contributed by atoms with Crippen molar-refractivity contribution in [3.05, 3.63) is 41.6 Å². The topological polar surface area (TPSA) is 107 Å². The van der Waals surface area contributed by atoms with E-state index in [0.29, 0.717) is 34.7 Å². The molecule has 2 N–H and O–H groups in total. The van der Waals surface area contributed by atoms with Crippen molar-refractivity contribution in [2.45, 2.75) is 51.1 Å². The summed E-state index contributed by atoms with van der Waals surface area (Å²) >= 11 is 0. The van der Waals surface area contributed by atoms with Crippen LogP contribution in [0.3, 0.4) is 0 Å². The Morgan fingerprint density at radius 3 is 2.53 bits per heavy atom. The quantitative estimate of drug-likeness (QED) is 0.615. The first-order valence-electron chi connectivity index (χ1n) is 11.3. The highest BCUT2D eigenvalue weighted by molar-refractivity contribution is 5.54. The van der Waals surface area contributed by atoms with Crippen LogP contribution >= 0.6 is 0 Å². The van der Waals surface area contributed by atoms with E-state index in [9.17, 15) is 23.7 Å². The number of ether oxygens (including phenoxy) is 1. The van der Waals surface area contributed by atoms with Gasteiger partial charge in [-0.2, -0.15) is 15.5 Å². The van der Waals surface area contributed by atoms with Crippen LogP contribution in [0.2, 0.25) is 0 Å². The predicted molar refractivity (Wildman–Crippen MR) is 116 cm³/mol. The maximum atomic E-state index is 12.7. The highest BCUT2D eigenvalue weighted by atomic mass is 19.4. The molecule has 4 aliphatic carbocycles. The molecule has 0 spiro atoms. The summed E-state index contributed by atoms with van der Waals surface area (Å²) in [5, 5.41) is 25.7. The van der Waals surface area contributed by atoms with Crippen molar-refractivity contribution in [3.8, 4) is 17.9 Å². The standard InChI is InChI=1S/C24H23F3N6O/c25-24(26,27)34-19-4-2-1-3-15(19)11-30-22-31-12-18(10-28)21(33-22)32-20-16-5-14-6-17(20)9-23(7-14,8-16)13-29/h1-4,12,14,16-17,20H,5-9,11H2,(H2,30,31,32,33)/t14?,16-,17+,20?,23?. The van der Waals surface area contributed by atoms with Crippen molar-refractivity contribution in [2.75, 3.05) is 10.6 Å². The third-order valence-electron chi connectivity index (χ3n) is 7.36. The van der Waals surface area contributed by atoms with Crippen molar-refractivity contribution in [1.29, 1.82) is 10.5 Å². The van der Waals surface area contributed by atoms with Crippen LogP contribution < -0.4 is 15.4 Å². The monoisotopic (exact) mass is 468 g/mol. The zero-order valence-corrected chi connectivity index (χ0v) is 18.3. The lowest BCUT2D eigenvalue weighted by molar-refractivity contribution is -0.274. The Bertz CT molecular complexity index is 1150. The van der Waals surface area contributed by atoms with E-state index in [-0.39, 0.29) is 29.7 Å². The fourth-order valence-electron chi connectivity index (χ4n) is 6.26. The molecule has 0 aliphatic heterocycles. The van der Waals surface area contributed by atoms with Crippen LogP contribution in [-0.2, 0) is 6.54 Å². The van der Waals surface area contributed by atoms with Crippen LogP contribution in [-0.4, -0.2) is 22.4 Å². The Labute approximate surface area is 195 Å². The Hall–Kier alpha value is -3.53. The summed E-state index contributed by atoms with van der Waals surface area (Å²) < 4.78 is 42.2. The van der Waals surface area contributed by atoms with Gasteiger partial charge in [0.15, 0.2) is 0 Å². The van der Waals surface area contributed by atoms with E-state index in [4.69, 9.17) is 0 Å². The number of nitrogens with zero attached hydrogens (tertiary/aromatic N) is 4. The second-order valence-electron chi connectivity index (χ2n) is 9.61. The first-order valence-corrected chi connectivity index (χ1v) is 11.3. The van der Waals surface area contributed by atoms with Crippen LogP contribution in [0, 0.1) is 45.8 Å². The Morgan fingerprint density at radius 2 is 1.85 bits per heavy atom. The average Bonchev–Trinajstić information content (AvgIpc) is 2.79. The van der Waals surface area contributed by atoms with Crippen molar-refractivity contribution in [2.24, 2.45) is 23.2 Å². The molecule has 6 rings (SSSR count). The van der Waals surface area contributed by atoms with Gasteiger partial charge in [-0.3, -0.25) is 0 Å². The fourth-order valence-corrected chi connectivity index (χ4v) is 6.26. The van der Waals surface area contributed by atoms with Crippen LogP contribution in [0.25, 0.3) is 0 Å². The van der Waals surface area contributed by atoms with Gasteiger partial charge in [-0.05, 0) is 55.9 Å². The van der Waals surface area contributed by atoms with Gasteiger partial charge in [-0.15, -0.1) is 13.2 Å². The second kappa shape index (κ2) is 8.35. The van der Waals surface area contributed by atoms with Gasteiger partial charge in [-0.1, -0.05) is 18.2 Å². The zero-order valence-electron chi connectivity index (χ0n) is 18.3. The lowest BCUT2D eigenvalue weighted by Crippen LogP contribution is -2.55. The molecule has 0 saturated heterocycles. The molecule has 5 atom stereocenters. The highest BCUT2D eigenvalue weighted by Gasteiger charge is 2.55. The van der Waals surface area contributed by atoms with Gasteiger partial charge < -0.3 is 15.4 Å². The molecule has 176 valence electrons. The molecule has 0 amide bonds. The third-order valence-corrected chi connectivity index (χ3v) is 7.36. The number of aromatic nitrogens is 2. The molecule has 1 aromatic heterocycles. The van der Waals surface area contributed by atoms with E-state index in [2.05, 4.69) is 37.5 Å². The molecule has 3 unspecified atom stereocenters. The molecular formula is C24H23F3N6O. The number of halogens is 3. The molecule has 4 aliphatic rings. The number of alkyl halides is 3. The minimum atomic E-state index is -4.79. The van der Waals surface area contributed by atoms with Crippen LogP contribution in [0.4, 0.5) is 24.9 Å². The molecule has 0 radical (unpaired) electrons. The zero-order chi connectivity index (χ0) is 23.9. The fraction of sp³-hybridized carbons (Fsp3) is 0.500. The van der Waals surface area contributed by atoms with Crippen molar-refractivity contribution in [3.63, 3.8) is 0 Å². The molecule has 10 heteroatoms. The summed E-state index contributed by atoms with van der Waals surface area (Å²) in [5.74, 6) is 1.61. The van der Waals surface area contributed by atoms with Gasteiger partial charge in [0.2, 0.25) is 5.95 Å². The number of para-hydroxylation sites is 1. The number of rotatable bonds is 6. The first kappa shape index (κ1) is 22.3. The summed E-state index contributed by atoms with van der Waals surface area (Å²) in [4.78, 5) is 8.62. The largest absolute Gasteiger partial charge is 0.573 e. The Morgan fingerprint density at radius 1 is 1.12 bits per heavy atom. The average molecular weight is 468 g/mol. The molecule has 4 bridgehead atoms. The lowest BCUT2D eigenvalue weighted by atomic mass is 9.48. The molecule has 4 fully saturated rings.